The number of rotatable bonds is 6. The van der Waals surface area contributed by atoms with E-state index < -0.39 is 6.04 Å². The number of hydrogen-bond acceptors (Lipinski definition) is 4. The predicted molar refractivity (Wildman–Crippen MR) is 89.3 cm³/mol. The molecular formula is C16H19ClN2O2S. The molecule has 0 aliphatic rings. The van der Waals surface area contributed by atoms with Gasteiger partial charge >= 0.3 is 0 Å². The van der Waals surface area contributed by atoms with Crippen LogP contribution in [0.1, 0.15) is 42.1 Å². The molecule has 1 amide bonds. The molecule has 1 aromatic carbocycles. The van der Waals surface area contributed by atoms with E-state index in [4.69, 9.17) is 11.6 Å². The van der Waals surface area contributed by atoms with Gasteiger partial charge in [0.15, 0.2) is 0 Å². The van der Waals surface area contributed by atoms with Gasteiger partial charge in [-0.05, 0) is 17.7 Å². The first-order chi connectivity index (χ1) is 10.5. The summed E-state index contributed by atoms with van der Waals surface area (Å²) in [5.74, 6) is 0.204. The number of aromatic nitrogens is 1. The Morgan fingerprint density at radius 3 is 2.59 bits per heavy atom. The van der Waals surface area contributed by atoms with Gasteiger partial charge in [-0.3, -0.25) is 4.79 Å². The van der Waals surface area contributed by atoms with Crippen LogP contribution in [0.2, 0.25) is 5.02 Å². The van der Waals surface area contributed by atoms with Crippen molar-refractivity contribution in [2.75, 3.05) is 6.61 Å². The molecular weight excluding hydrogens is 320 g/mol. The lowest BCUT2D eigenvalue weighted by Gasteiger charge is -2.16. The second-order valence-electron chi connectivity index (χ2n) is 5.36. The number of nitrogens with zero attached hydrogens (tertiary/aromatic N) is 1. The van der Waals surface area contributed by atoms with Crippen molar-refractivity contribution in [3.05, 3.63) is 50.9 Å². The Morgan fingerprint density at radius 1 is 1.36 bits per heavy atom. The van der Waals surface area contributed by atoms with Crippen LogP contribution in [0, 0.1) is 0 Å². The third kappa shape index (κ3) is 4.53. The molecule has 0 radical (unpaired) electrons. The Hall–Kier alpha value is -1.43. The number of nitrogens with one attached hydrogen (secondary N) is 1. The van der Waals surface area contributed by atoms with Gasteiger partial charge < -0.3 is 10.4 Å². The Balaban J connectivity index is 1.98. The first-order valence-electron chi connectivity index (χ1n) is 7.09. The van der Waals surface area contributed by atoms with Crippen LogP contribution >= 0.6 is 22.9 Å². The van der Waals surface area contributed by atoms with Crippen molar-refractivity contribution in [3.8, 4) is 0 Å². The highest BCUT2D eigenvalue weighted by atomic mass is 35.5. The zero-order valence-corrected chi connectivity index (χ0v) is 14.1. The van der Waals surface area contributed by atoms with E-state index >= 15 is 0 Å². The van der Waals surface area contributed by atoms with Gasteiger partial charge in [0.1, 0.15) is 0 Å². The van der Waals surface area contributed by atoms with E-state index in [1.54, 1.807) is 35.6 Å². The minimum absolute atomic E-state index is 0.158. The Bertz CT molecular complexity index is 625. The molecule has 0 saturated heterocycles. The molecule has 1 aromatic heterocycles. The average Bonchev–Trinajstić information content (AvgIpc) is 2.94. The van der Waals surface area contributed by atoms with Crippen molar-refractivity contribution >= 4 is 28.8 Å². The number of aliphatic hydroxyl groups is 1. The first-order valence-corrected chi connectivity index (χ1v) is 8.35. The zero-order chi connectivity index (χ0) is 16.1. The van der Waals surface area contributed by atoms with Crippen LogP contribution in [0.5, 0.6) is 0 Å². The molecule has 1 atom stereocenters. The van der Waals surface area contributed by atoms with Crippen LogP contribution in [0.4, 0.5) is 0 Å². The van der Waals surface area contributed by atoms with Crippen LogP contribution in [0.3, 0.4) is 0 Å². The fourth-order valence-electron chi connectivity index (χ4n) is 2.01. The van der Waals surface area contributed by atoms with Gasteiger partial charge in [-0.15, -0.1) is 11.3 Å². The van der Waals surface area contributed by atoms with E-state index in [2.05, 4.69) is 24.1 Å². The predicted octanol–water partition coefficient (Wildman–Crippen LogP) is 3.31. The summed E-state index contributed by atoms with van der Waals surface area (Å²) >= 11 is 7.41. The van der Waals surface area contributed by atoms with Crippen molar-refractivity contribution in [2.24, 2.45) is 0 Å². The van der Waals surface area contributed by atoms with Crippen molar-refractivity contribution < 1.29 is 9.90 Å². The topological polar surface area (TPSA) is 62.2 Å². The highest BCUT2D eigenvalue weighted by molar-refractivity contribution is 7.09. The van der Waals surface area contributed by atoms with Crippen LogP contribution in [0.25, 0.3) is 0 Å². The SMILES string of the molecule is CC(C)c1nc(CC(=O)NC(CO)c2ccc(Cl)cc2)cs1. The standard InChI is InChI=1S/C16H19ClN2O2S/c1-10(2)16-18-13(9-22-16)7-15(21)19-14(8-20)11-3-5-12(17)6-4-11/h3-6,9-10,14,20H,7-8H2,1-2H3,(H,19,21). The Labute approximate surface area is 139 Å². The van der Waals surface area contributed by atoms with Crippen LogP contribution in [0.15, 0.2) is 29.6 Å². The number of amides is 1. The van der Waals surface area contributed by atoms with Gasteiger partial charge in [-0.2, -0.15) is 0 Å². The van der Waals surface area contributed by atoms with Gasteiger partial charge in [-0.25, -0.2) is 4.98 Å². The van der Waals surface area contributed by atoms with E-state index in [-0.39, 0.29) is 18.9 Å². The summed E-state index contributed by atoms with van der Waals surface area (Å²) in [4.78, 5) is 16.6. The number of benzene rings is 1. The molecule has 1 heterocycles. The van der Waals surface area contributed by atoms with Crippen molar-refractivity contribution in [1.29, 1.82) is 0 Å². The second-order valence-corrected chi connectivity index (χ2v) is 6.69. The van der Waals surface area contributed by atoms with E-state index in [9.17, 15) is 9.90 Å². The fourth-order valence-corrected chi connectivity index (χ4v) is 2.97. The first kappa shape index (κ1) is 16.9. The van der Waals surface area contributed by atoms with Gasteiger partial charge in [0.25, 0.3) is 0 Å². The highest BCUT2D eigenvalue weighted by Gasteiger charge is 2.15. The molecule has 0 bridgehead atoms. The van der Waals surface area contributed by atoms with E-state index in [1.165, 1.54) is 0 Å². The summed E-state index contributed by atoms with van der Waals surface area (Å²) in [5, 5.41) is 15.9. The van der Waals surface area contributed by atoms with Crippen LogP contribution < -0.4 is 5.32 Å². The van der Waals surface area contributed by atoms with E-state index in [1.807, 2.05) is 5.38 Å². The fraction of sp³-hybridized carbons (Fsp3) is 0.375. The van der Waals surface area contributed by atoms with Gasteiger partial charge in [0.05, 0.1) is 29.8 Å². The maximum Gasteiger partial charge on any atom is 0.226 e. The lowest BCUT2D eigenvalue weighted by molar-refractivity contribution is -0.121. The molecule has 0 aliphatic heterocycles. The molecule has 0 aliphatic carbocycles. The number of halogens is 1. The highest BCUT2D eigenvalue weighted by Crippen LogP contribution is 2.20. The number of aliphatic hydroxyl groups excluding tert-OH is 1. The Kier molecular flexibility index (Phi) is 5.94. The molecule has 6 heteroatoms. The zero-order valence-electron chi connectivity index (χ0n) is 12.5. The van der Waals surface area contributed by atoms with E-state index in [0.717, 1.165) is 16.3 Å². The van der Waals surface area contributed by atoms with Gasteiger partial charge in [0, 0.05) is 16.3 Å². The summed E-state index contributed by atoms with van der Waals surface area (Å²) in [5.41, 5.74) is 1.58. The molecule has 118 valence electrons. The van der Waals surface area contributed by atoms with Gasteiger partial charge in [0.2, 0.25) is 5.91 Å². The second kappa shape index (κ2) is 7.72. The number of carbonyl (C=O) groups is 1. The van der Waals surface area contributed by atoms with E-state index in [0.29, 0.717) is 10.9 Å². The largest absolute Gasteiger partial charge is 0.394 e. The summed E-state index contributed by atoms with van der Waals surface area (Å²) in [6.07, 6.45) is 0.216. The molecule has 0 saturated carbocycles. The molecule has 0 spiro atoms. The molecule has 22 heavy (non-hydrogen) atoms. The Morgan fingerprint density at radius 2 is 2.05 bits per heavy atom. The molecule has 1 unspecified atom stereocenters. The number of carbonyl (C=O) groups excluding carboxylic acids is 1. The number of thiazole rings is 1. The van der Waals surface area contributed by atoms with Crippen molar-refractivity contribution in [1.82, 2.24) is 10.3 Å². The molecule has 0 fully saturated rings. The minimum Gasteiger partial charge on any atom is -0.394 e. The summed E-state index contributed by atoms with van der Waals surface area (Å²) in [7, 11) is 0. The third-order valence-corrected chi connectivity index (χ3v) is 4.64. The monoisotopic (exact) mass is 338 g/mol. The molecule has 2 aromatic rings. The summed E-state index contributed by atoms with van der Waals surface area (Å²) in [6, 6.07) is 6.63. The number of hydrogen-bond donors (Lipinski definition) is 2. The third-order valence-electron chi connectivity index (χ3n) is 3.20. The van der Waals surface area contributed by atoms with Gasteiger partial charge in [-0.1, -0.05) is 37.6 Å². The maximum absolute atomic E-state index is 12.1. The molecule has 4 nitrogen and oxygen atoms in total. The quantitative estimate of drug-likeness (QED) is 0.849. The molecule has 2 rings (SSSR count). The lowest BCUT2D eigenvalue weighted by Crippen LogP contribution is -2.32. The molecule has 2 N–H and O–H groups in total. The van der Waals surface area contributed by atoms with Crippen molar-refractivity contribution in [3.63, 3.8) is 0 Å². The average molecular weight is 339 g/mol. The van der Waals surface area contributed by atoms with Crippen molar-refractivity contribution in [2.45, 2.75) is 32.2 Å². The van der Waals surface area contributed by atoms with Crippen LogP contribution in [-0.4, -0.2) is 22.6 Å². The minimum atomic E-state index is -0.437. The lowest BCUT2D eigenvalue weighted by atomic mass is 10.1. The smallest absolute Gasteiger partial charge is 0.226 e. The summed E-state index contributed by atoms with van der Waals surface area (Å²) < 4.78 is 0. The van der Waals surface area contributed by atoms with Crippen LogP contribution in [-0.2, 0) is 11.2 Å². The summed E-state index contributed by atoms with van der Waals surface area (Å²) in [6.45, 7) is 3.98. The maximum atomic E-state index is 12.1. The normalized spacial score (nSPS) is 12.4.